The van der Waals surface area contributed by atoms with Crippen LogP contribution in [0.5, 0.6) is 0 Å². The Kier molecular flexibility index (Phi) is 27.7. The molecule has 0 aromatic rings. The monoisotopic (exact) mass is 488 g/mol. The van der Waals surface area contributed by atoms with Crippen LogP contribution in [0.4, 0.5) is 0 Å². The number of allylic oxidation sites excluding steroid dienone is 2. The third-order valence-electron chi connectivity index (χ3n) is 5.34. The summed E-state index contributed by atoms with van der Waals surface area (Å²) < 4.78 is 21.2. The summed E-state index contributed by atoms with van der Waals surface area (Å²) in [6, 6.07) is 0. The van der Waals surface area contributed by atoms with E-state index < -0.39 is 6.10 Å². The molecule has 0 saturated carbocycles. The van der Waals surface area contributed by atoms with E-state index in [-0.39, 0.29) is 25.6 Å². The van der Waals surface area contributed by atoms with Crippen molar-refractivity contribution in [2.24, 2.45) is 0 Å². The van der Waals surface area contributed by atoms with Crippen molar-refractivity contribution in [3.63, 3.8) is 0 Å². The molecule has 202 valence electrons. The maximum Gasteiger partial charge on any atom is 0.155 e. The molecule has 7 heteroatoms. The van der Waals surface area contributed by atoms with Gasteiger partial charge in [-0.2, -0.15) is 0 Å². The third kappa shape index (κ3) is 27.4. The van der Waals surface area contributed by atoms with Crippen LogP contribution >= 0.6 is 0 Å². The molecule has 34 heavy (non-hydrogen) atoms. The van der Waals surface area contributed by atoms with E-state index in [1.54, 1.807) is 6.08 Å². The summed E-state index contributed by atoms with van der Waals surface area (Å²) >= 11 is 0. The molecule has 0 saturated heterocycles. The van der Waals surface area contributed by atoms with Crippen LogP contribution in [-0.4, -0.2) is 81.6 Å². The molecule has 0 heterocycles. The zero-order chi connectivity index (χ0) is 25.0. The van der Waals surface area contributed by atoms with Crippen LogP contribution in [-0.2, 0) is 23.7 Å². The smallest absolute Gasteiger partial charge is 0.155 e. The first-order valence-corrected chi connectivity index (χ1v) is 13.5. The number of rotatable bonds is 28. The van der Waals surface area contributed by atoms with Gasteiger partial charge in [0.2, 0.25) is 0 Å². The van der Waals surface area contributed by atoms with E-state index in [2.05, 4.69) is 6.92 Å². The van der Waals surface area contributed by atoms with Crippen molar-refractivity contribution in [2.45, 2.75) is 96.5 Å². The van der Waals surface area contributed by atoms with E-state index in [4.69, 9.17) is 24.1 Å². The Hall–Kier alpha value is -0.830. The van der Waals surface area contributed by atoms with Crippen LogP contribution < -0.4 is 0 Å². The first kappa shape index (κ1) is 33.2. The van der Waals surface area contributed by atoms with Crippen LogP contribution in [0.1, 0.15) is 90.4 Å². The number of aliphatic hydroxyl groups is 2. The minimum atomic E-state index is -0.661. The summed E-state index contributed by atoms with van der Waals surface area (Å²) in [6.45, 7) is 5.29. The molecule has 0 rings (SSSR count). The minimum absolute atomic E-state index is 0.0128. The normalized spacial score (nSPS) is 12.6. The Labute approximate surface area is 208 Å². The van der Waals surface area contributed by atoms with Gasteiger partial charge in [0.15, 0.2) is 5.78 Å². The Morgan fingerprint density at radius 1 is 0.706 bits per heavy atom. The number of hydrogen-bond acceptors (Lipinski definition) is 7. The maximum atomic E-state index is 11.9. The van der Waals surface area contributed by atoms with Crippen LogP contribution in [0.3, 0.4) is 0 Å². The standard InChI is InChI=1S/C27H52O7/c1-2-3-4-5-6-7-8-9-10-12-15-26(29)16-13-11-14-18-33-24-27(30)25-34-23-22-32-21-20-31-19-17-28/h13,16,27-28,30H,2-12,14-15,17-25H2,1H3/b16-13+/t27-/m0/s1. The quantitative estimate of drug-likeness (QED) is 0.123. The van der Waals surface area contributed by atoms with E-state index in [0.29, 0.717) is 46.1 Å². The molecule has 7 nitrogen and oxygen atoms in total. The molecule has 0 amide bonds. The second-order valence-electron chi connectivity index (χ2n) is 8.69. The summed E-state index contributed by atoms with van der Waals surface area (Å²) in [5.41, 5.74) is 0. The van der Waals surface area contributed by atoms with Crippen LogP contribution in [0, 0.1) is 0 Å². The van der Waals surface area contributed by atoms with Gasteiger partial charge >= 0.3 is 0 Å². The SMILES string of the molecule is CCCCCCCCCCCCC(=O)/C=C/CCCOC[C@H](O)COCCOCCOCCO. The van der Waals surface area contributed by atoms with Crippen molar-refractivity contribution in [3.8, 4) is 0 Å². The van der Waals surface area contributed by atoms with Gasteiger partial charge in [0.1, 0.15) is 6.10 Å². The summed E-state index contributed by atoms with van der Waals surface area (Å²) in [5.74, 6) is 0.217. The molecule has 0 aliphatic carbocycles. The van der Waals surface area contributed by atoms with E-state index in [0.717, 1.165) is 25.7 Å². The average Bonchev–Trinajstić information content (AvgIpc) is 2.83. The zero-order valence-corrected chi connectivity index (χ0v) is 21.7. The van der Waals surface area contributed by atoms with Gasteiger partial charge in [-0.15, -0.1) is 0 Å². The number of aliphatic hydroxyl groups excluding tert-OH is 2. The Morgan fingerprint density at radius 3 is 1.85 bits per heavy atom. The minimum Gasteiger partial charge on any atom is -0.394 e. The van der Waals surface area contributed by atoms with Crippen molar-refractivity contribution < 1.29 is 34.0 Å². The second-order valence-corrected chi connectivity index (χ2v) is 8.69. The summed E-state index contributed by atoms with van der Waals surface area (Å²) in [4.78, 5) is 11.9. The lowest BCUT2D eigenvalue weighted by Crippen LogP contribution is -2.23. The predicted molar refractivity (Wildman–Crippen MR) is 136 cm³/mol. The van der Waals surface area contributed by atoms with E-state index in [1.165, 1.54) is 51.4 Å². The van der Waals surface area contributed by atoms with Gasteiger partial charge in [-0.05, 0) is 25.3 Å². The number of ether oxygens (including phenoxy) is 4. The number of ketones is 1. The van der Waals surface area contributed by atoms with Gasteiger partial charge in [0, 0.05) is 13.0 Å². The summed E-state index contributed by atoms with van der Waals surface area (Å²) in [5, 5.41) is 18.4. The van der Waals surface area contributed by atoms with Gasteiger partial charge in [-0.25, -0.2) is 0 Å². The highest BCUT2D eigenvalue weighted by Gasteiger charge is 2.04. The number of unbranched alkanes of at least 4 members (excludes halogenated alkanes) is 10. The molecule has 0 radical (unpaired) electrons. The Bertz CT molecular complexity index is 443. The van der Waals surface area contributed by atoms with Gasteiger partial charge < -0.3 is 29.2 Å². The molecule has 0 aromatic heterocycles. The predicted octanol–water partition coefficient (Wildman–Crippen LogP) is 4.62. The average molecular weight is 489 g/mol. The first-order chi connectivity index (χ1) is 16.7. The Morgan fingerprint density at radius 2 is 1.24 bits per heavy atom. The molecular weight excluding hydrogens is 436 g/mol. The number of carbonyl (C=O) groups excluding carboxylic acids is 1. The fourth-order valence-electron chi connectivity index (χ4n) is 3.38. The van der Waals surface area contributed by atoms with Crippen LogP contribution in [0.15, 0.2) is 12.2 Å². The molecule has 0 unspecified atom stereocenters. The van der Waals surface area contributed by atoms with E-state index in [1.807, 2.05) is 6.08 Å². The van der Waals surface area contributed by atoms with Crippen molar-refractivity contribution in [1.29, 1.82) is 0 Å². The molecule has 2 N–H and O–H groups in total. The largest absolute Gasteiger partial charge is 0.394 e. The third-order valence-corrected chi connectivity index (χ3v) is 5.34. The molecule has 0 fully saturated rings. The highest BCUT2D eigenvalue weighted by atomic mass is 16.5. The van der Waals surface area contributed by atoms with Crippen molar-refractivity contribution >= 4 is 5.78 Å². The Balaban J connectivity index is 3.34. The van der Waals surface area contributed by atoms with Crippen LogP contribution in [0.25, 0.3) is 0 Å². The van der Waals surface area contributed by atoms with Gasteiger partial charge in [-0.3, -0.25) is 4.79 Å². The van der Waals surface area contributed by atoms with Gasteiger partial charge in [0.25, 0.3) is 0 Å². The number of hydrogen-bond donors (Lipinski definition) is 2. The number of carbonyl (C=O) groups is 1. The topological polar surface area (TPSA) is 94.5 Å². The lowest BCUT2D eigenvalue weighted by Gasteiger charge is -2.12. The zero-order valence-electron chi connectivity index (χ0n) is 21.7. The molecule has 0 aliphatic heterocycles. The molecular formula is C27H52O7. The molecule has 0 bridgehead atoms. The lowest BCUT2D eigenvalue weighted by molar-refractivity contribution is -0.114. The summed E-state index contributed by atoms with van der Waals surface area (Å²) in [7, 11) is 0. The fraction of sp³-hybridized carbons (Fsp3) is 0.889. The van der Waals surface area contributed by atoms with E-state index in [9.17, 15) is 9.90 Å². The lowest BCUT2D eigenvalue weighted by atomic mass is 10.0. The fourth-order valence-corrected chi connectivity index (χ4v) is 3.38. The maximum absolute atomic E-state index is 11.9. The van der Waals surface area contributed by atoms with Gasteiger partial charge in [-0.1, -0.05) is 70.8 Å². The second kappa shape index (κ2) is 28.4. The highest BCUT2D eigenvalue weighted by molar-refractivity contribution is 5.89. The van der Waals surface area contributed by atoms with Gasteiger partial charge in [0.05, 0.1) is 52.9 Å². The molecule has 1 atom stereocenters. The first-order valence-electron chi connectivity index (χ1n) is 13.5. The van der Waals surface area contributed by atoms with Crippen molar-refractivity contribution in [2.75, 3.05) is 59.5 Å². The molecule has 0 aromatic carbocycles. The molecule has 0 spiro atoms. The van der Waals surface area contributed by atoms with Crippen molar-refractivity contribution in [3.05, 3.63) is 12.2 Å². The molecule has 0 aliphatic rings. The van der Waals surface area contributed by atoms with Crippen LogP contribution in [0.2, 0.25) is 0 Å². The van der Waals surface area contributed by atoms with E-state index >= 15 is 0 Å². The van der Waals surface area contributed by atoms with Crippen molar-refractivity contribution in [1.82, 2.24) is 0 Å². The summed E-state index contributed by atoms with van der Waals surface area (Å²) in [6.07, 6.45) is 18.1. The highest BCUT2D eigenvalue weighted by Crippen LogP contribution is 2.11.